The van der Waals surface area contributed by atoms with Crippen molar-refractivity contribution in [3.63, 3.8) is 0 Å². The van der Waals surface area contributed by atoms with Gasteiger partial charge in [0.25, 0.3) is 11.2 Å². The van der Waals surface area contributed by atoms with Crippen molar-refractivity contribution in [2.45, 2.75) is 6.92 Å². The van der Waals surface area contributed by atoms with Crippen molar-refractivity contribution in [1.29, 1.82) is 0 Å². The molecule has 2 aromatic rings. The maximum Gasteiger partial charge on any atom is 0.296 e. The van der Waals surface area contributed by atoms with Gasteiger partial charge < -0.3 is 0 Å². The van der Waals surface area contributed by atoms with Gasteiger partial charge in [-0.05, 0) is 25.2 Å². The van der Waals surface area contributed by atoms with Crippen LogP contribution in [0, 0.1) is 21.8 Å². The van der Waals surface area contributed by atoms with Crippen molar-refractivity contribution >= 4 is 35.7 Å². The number of nitrogens with zero attached hydrogens (tertiary/aromatic N) is 4. The van der Waals surface area contributed by atoms with E-state index in [0.717, 1.165) is 4.68 Å². The van der Waals surface area contributed by atoms with E-state index in [1.54, 1.807) is 0 Å². The first-order valence-corrected chi connectivity index (χ1v) is 6.35. The molecule has 0 atom stereocenters. The van der Waals surface area contributed by atoms with E-state index in [0.29, 0.717) is 5.56 Å². The Balaban J connectivity index is 2.46. The standard InChI is InChI=1S/C11H8ClN5O3S/c1-6-10(18)16(11(21)15-14-6)13-5-7-2-3-8(12)9(4-7)17(19)20/h2-5H,1H3,(H,15,21)/b13-5-. The molecule has 0 bridgehead atoms. The average molecular weight is 326 g/mol. The van der Waals surface area contributed by atoms with Crippen LogP contribution in [0.2, 0.25) is 5.02 Å². The minimum absolute atomic E-state index is 0.0188. The Bertz CT molecular complexity index is 858. The molecular formula is C11H8ClN5O3S. The van der Waals surface area contributed by atoms with Crippen molar-refractivity contribution in [2.24, 2.45) is 5.10 Å². The van der Waals surface area contributed by atoms with Gasteiger partial charge in [-0.15, -0.1) is 0 Å². The predicted molar refractivity (Wildman–Crippen MR) is 79.5 cm³/mol. The van der Waals surface area contributed by atoms with E-state index in [4.69, 9.17) is 23.8 Å². The van der Waals surface area contributed by atoms with Crippen LogP contribution in [0.15, 0.2) is 28.1 Å². The Morgan fingerprint density at radius 2 is 2.29 bits per heavy atom. The van der Waals surface area contributed by atoms with E-state index in [1.165, 1.54) is 31.3 Å². The van der Waals surface area contributed by atoms with Crippen LogP contribution in [0.25, 0.3) is 0 Å². The van der Waals surface area contributed by atoms with E-state index < -0.39 is 10.5 Å². The molecule has 1 heterocycles. The van der Waals surface area contributed by atoms with Crippen molar-refractivity contribution in [1.82, 2.24) is 14.9 Å². The second-order valence-corrected chi connectivity index (χ2v) is 4.74. The number of nitro benzene ring substituents is 1. The number of H-pyrrole nitrogens is 1. The maximum atomic E-state index is 11.8. The number of aromatic nitrogens is 3. The lowest BCUT2D eigenvalue weighted by molar-refractivity contribution is -0.384. The maximum absolute atomic E-state index is 11.8. The van der Waals surface area contributed by atoms with Gasteiger partial charge in [0, 0.05) is 11.6 Å². The van der Waals surface area contributed by atoms with Gasteiger partial charge in [0.1, 0.15) is 10.7 Å². The van der Waals surface area contributed by atoms with Gasteiger partial charge in [0.05, 0.1) is 11.1 Å². The zero-order chi connectivity index (χ0) is 15.6. The third-order valence-electron chi connectivity index (χ3n) is 2.50. The first-order valence-electron chi connectivity index (χ1n) is 5.57. The molecule has 0 aliphatic rings. The number of nitro groups is 1. The molecule has 1 N–H and O–H groups in total. The molecule has 0 aliphatic carbocycles. The third kappa shape index (κ3) is 3.20. The highest BCUT2D eigenvalue weighted by atomic mass is 35.5. The second-order valence-electron chi connectivity index (χ2n) is 3.94. The Kier molecular flexibility index (Phi) is 4.24. The SMILES string of the molecule is Cc1n[nH]c(=S)n(/N=C\c2ccc(Cl)c([N+](=O)[O-])c2)c1=O. The first kappa shape index (κ1) is 15.0. The molecule has 0 saturated carbocycles. The van der Waals surface area contributed by atoms with Gasteiger partial charge in [0.2, 0.25) is 4.77 Å². The summed E-state index contributed by atoms with van der Waals surface area (Å²) in [5.41, 5.74) is -0.118. The zero-order valence-electron chi connectivity index (χ0n) is 10.6. The zero-order valence-corrected chi connectivity index (χ0v) is 12.2. The normalized spacial score (nSPS) is 11.0. The second kappa shape index (κ2) is 5.94. The monoisotopic (exact) mass is 325 g/mol. The molecule has 0 spiro atoms. The van der Waals surface area contributed by atoms with E-state index >= 15 is 0 Å². The minimum Gasteiger partial charge on any atom is -0.265 e. The fourth-order valence-corrected chi connectivity index (χ4v) is 1.81. The smallest absolute Gasteiger partial charge is 0.265 e. The molecule has 108 valence electrons. The summed E-state index contributed by atoms with van der Waals surface area (Å²) >= 11 is 10.6. The van der Waals surface area contributed by atoms with Gasteiger partial charge in [-0.1, -0.05) is 17.7 Å². The fraction of sp³-hybridized carbons (Fsp3) is 0.0909. The Morgan fingerprint density at radius 3 is 2.95 bits per heavy atom. The number of hydrogen-bond acceptors (Lipinski definition) is 6. The van der Waals surface area contributed by atoms with Crippen LogP contribution in [0.3, 0.4) is 0 Å². The molecule has 1 aromatic heterocycles. The first-order chi connectivity index (χ1) is 9.90. The molecule has 21 heavy (non-hydrogen) atoms. The van der Waals surface area contributed by atoms with Crippen LogP contribution in [0.5, 0.6) is 0 Å². The summed E-state index contributed by atoms with van der Waals surface area (Å²) in [4.78, 5) is 22.0. The highest BCUT2D eigenvalue weighted by Gasteiger charge is 2.12. The van der Waals surface area contributed by atoms with E-state index in [1.807, 2.05) is 0 Å². The number of nitrogens with one attached hydrogen (secondary N) is 1. The summed E-state index contributed by atoms with van der Waals surface area (Å²) in [5, 5.41) is 20.9. The summed E-state index contributed by atoms with van der Waals surface area (Å²) in [6.07, 6.45) is 1.27. The van der Waals surface area contributed by atoms with Crippen LogP contribution in [0.4, 0.5) is 5.69 Å². The molecule has 0 radical (unpaired) electrons. The quantitative estimate of drug-likeness (QED) is 0.402. The van der Waals surface area contributed by atoms with Crippen LogP contribution >= 0.6 is 23.8 Å². The molecule has 1 aromatic carbocycles. The molecule has 0 unspecified atom stereocenters. The Morgan fingerprint density at radius 1 is 1.57 bits per heavy atom. The lowest BCUT2D eigenvalue weighted by Crippen LogP contribution is -2.22. The minimum atomic E-state index is -0.602. The highest BCUT2D eigenvalue weighted by molar-refractivity contribution is 7.71. The van der Waals surface area contributed by atoms with Crippen LogP contribution < -0.4 is 5.56 Å². The van der Waals surface area contributed by atoms with Crippen LogP contribution in [-0.4, -0.2) is 26.0 Å². The average Bonchev–Trinajstić information content (AvgIpc) is 2.44. The Labute approximate surface area is 127 Å². The van der Waals surface area contributed by atoms with Gasteiger partial charge in [0.15, 0.2) is 0 Å². The highest BCUT2D eigenvalue weighted by Crippen LogP contribution is 2.24. The fourth-order valence-electron chi connectivity index (χ4n) is 1.45. The topological polar surface area (TPSA) is 106 Å². The van der Waals surface area contributed by atoms with Gasteiger partial charge >= 0.3 is 0 Å². The van der Waals surface area contributed by atoms with E-state index in [2.05, 4.69) is 15.3 Å². The predicted octanol–water partition coefficient (Wildman–Crippen LogP) is 2.05. The number of benzene rings is 1. The largest absolute Gasteiger partial charge is 0.296 e. The van der Waals surface area contributed by atoms with Crippen LogP contribution in [0.1, 0.15) is 11.3 Å². The van der Waals surface area contributed by atoms with Gasteiger partial charge in [-0.25, -0.2) is 0 Å². The van der Waals surface area contributed by atoms with Crippen molar-refractivity contribution in [3.05, 3.63) is 59.7 Å². The number of rotatable bonds is 3. The number of halogens is 1. The van der Waals surface area contributed by atoms with Gasteiger partial charge in [-0.3, -0.25) is 20.0 Å². The molecule has 0 saturated heterocycles. The summed E-state index contributed by atoms with van der Waals surface area (Å²) in [6, 6.07) is 4.16. The van der Waals surface area contributed by atoms with Crippen molar-refractivity contribution in [2.75, 3.05) is 0 Å². The summed E-state index contributed by atoms with van der Waals surface area (Å²) in [6.45, 7) is 1.51. The van der Waals surface area contributed by atoms with E-state index in [9.17, 15) is 14.9 Å². The summed E-state index contributed by atoms with van der Waals surface area (Å²) in [7, 11) is 0. The molecule has 10 heteroatoms. The number of hydrogen-bond donors (Lipinski definition) is 1. The molecule has 2 rings (SSSR count). The van der Waals surface area contributed by atoms with Gasteiger partial charge in [-0.2, -0.15) is 14.9 Å². The van der Waals surface area contributed by atoms with Crippen molar-refractivity contribution < 1.29 is 4.92 Å². The molecule has 0 aliphatic heterocycles. The Hall–Kier alpha value is -2.39. The summed E-state index contributed by atoms with van der Waals surface area (Å²) < 4.78 is 0.961. The third-order valence-corrected chi connectivity index (χ3v) is 3.09. The lowest BCUT2D eigenvalue weighted by atomic mass is 10.2. The van der Waals surface area contributed by atoms with Crippen molar-refractivity contribution in [3.8, 4) is 0 Å². The van der Waals surface area contributed by atoms with Crippen LogP contribution in [-0.2, 0) is 0 Å². The van der Waals surface area contributed by atoms with E-state index in [-0.39, 0.29) is 21.2 Å². The molecule has 0 fully saturated rings. The number of aryl methyl sites for hydroxylation is 1. The molecule has 0 amide bonds. The summed E-state index contributed by atoms with van der Waals surface area (Å²) in [5.74, 6) is 0. The molecule has 8 nitrogen and oxygen atoms in total. The number of aromatic amines is 1. The lowest BCUT2D eigenvalue weighted by Gasteiger charge is -2.00. The molecular weight excluding hydrogens is 318 g/mol.